The van der Waals surface area contributed by atoms with Crippen LogP contribution in [-0.4, -0.2) is 55.3 Å². The maximum atomic E-state index is 12.0. The predicted molar refractivity (Wildman–Crippen MR) is 69.1 cm³/mol. The summed E-state index contributed by atoms with van der Waals surface area (Å²) >= 11 is 0. The first kappa shape index (κ1) is 16.9. The highest BCUT2D eigenvalue weighted by Gasteiger charge is 2.32. The lowest BCUT2D eigenvalue weighted by Gasteiger charge is -2.30. The molecular formula is C13H26NO4+. The largest absolute Gasteiger partial charge is 0.481 e. The fourth-order valence-electron chi connectivity index (χ4n) is 1.40. The SMILES string of the molecule is CCC(C)(C)C(=O)OC(CC(=O)O)C[N+](C)(C)C. The van der Waals surface area contributed by atoms with E-state index in [1.54, 1.807) is 13.8 Å². The first-order valence-corrected chi connectivity index (χ1v) is 6.21. The Morgan fingerprint density at radius 1 is 1.28 bits per heavy atom. The van der Waals surface area contributed by atoms with Crippen molar-refractivity contribution < 1.29 is 23.9 Å². The molecule has 0 aliphatic carbocycles. The molecule has 0 aromatic carbocycles. The molecule has 0 aliphatic rings. The van der Waals surface area contributed by atoms with Crippen LogP contribution in [0, 0.1) is 5.41 Å². The normalized spacial score (nSPS) is 14.1. The van der Waals surface area contributed by atoms with Gasteiger partial charge in [0, 0.05) is 0 Å². The Kier molecular flexibility index (Phi) is 5.80. The van der Waals surface area contributed by atoms with E-state index in [-0.39, 0.29) is 12.4 Å². The van der Waals surface area contributed by atoms with E-state index in [2.05, 4.69) is 0 Å². The Morgan fingerprint density at radius 3 is 2.11 bits per heavy atom. The van der Waals surface area contributed by atoms with Crippen LogP contribution < -0.4 is 0 Å². The number of carbonyl (C=O) groups is 2. The lowest BCUT2D eigenvalue weighted by Crippen LogP contribution is -2.45. The molecule has 0 bridgehead atoms. The molecule has 5 nitrogen and oxygen atoms in total. The monoisotopic (exact) mass is 260 g/mol. The quantitative estimate of drug-likeness (QED) is 0.557. The van der Waals surface area contributed by atoms with Crippen molar-refractivity contribution in [2.45, 2.75) is 39.7 Å². The topological polar surface area (TPSA) is 63.6 Å². The summed E-state index contributed by atoms with van der Waals surface area (Å²) in [5.41, 5.74) is -0.568. The number of quaternary nitrogens is 1. The van der Waals surface area contributed by atoms with Crippen molar-refractivity contribution in [3.05, 3.63) is 0 Å². The van der Waals surface area contributed by atoms with Gasteiger partial charge in [-0.05, 0) is 20.3 Å². The summed E-state index contributed by atoms with van der Waals surface area (Å²) in [6.45, 7) is 6.00. The Bertz CT molecular complexity index is 305. The van der Waals surface area contributed by atoms with Gasteiger partial charge in [0.05, 0.1) is 33.0 Å². The molecule has 0 fully saturated rings. The van der Waals surface area contributed by atoms with Gasteiger partial charge in [0.2, 0.25) is 0 Å². The van der Waals surface area contributed by atoms with E-state index in [0.717, 1.165) is 0 Å². The fraction of sp³-hybridized carbons (Fsp3) is 0.846. The number of carboxylic acid groups (broad SMARTS) is 1. The third-order valence-corrected chi connectivity index (χ3v) is 2.86. The minimum Gasteiger partial charge on any atom is -0.481 e. The molecule has 0 saturated heterocycles. The van der Waals surface area contributed by atoms with E-state index in [1.807, 2.05) is 28.1 Å². The van der Waals surface area contributed by atoms with Gasteiger partial charge < -0.3 is 14.3 Å². The predicted octanol–water partition coefficient (Wildman–Crippen LogP) is 1.52. The molecular weight excluding hydrogens is 234 g/mol. The zero-order valence-corrected chi connectivity index (χ0v) is 12.3. The van der Waals surface area contributed by atoms with Crippen molar-refractivity contribution >= 4 is 11.9 Å². The number of carbonyl (C=O) groups excluding carboxylic acids is 1. The highest BCUT2D eigenvalue weighted by Crippen LogP contribution is 2.23. The second kappa shape index (κ2) is 6.18. The zero-order chi connectivity index (χ0) is 14.6. The molecule has 5 heteroatoms. The van der Waals surface area contributed by atoms with Gasteiger partial charge in [0.15, 0.2) is 6.10 Å². The van der Waals surface area contributed by atoms with Crippen molar-refractivity contribution in [2.24, 2.45) is 5.41 Å². The van der Waals surface area contributed by atoms with E-state index < -0.39 is 17.5 Å². The molecule has 106 valence electrons. The molecule has 0 heterocycles. The summed E-state index contributed by atoms with van der Waals surface area (Å²) < 4.78 is 5.91. The number of likely N-dealkylation sites (N-methyl/N-ethyl adjacent to an activating group) is 1. The van der Waals surface area contributed by atoms with Crippen LogP contribution in [0.5, 0.6) is 0 Å². The van der Waals surface area contributed by atoms with Crippen molar-refractivity contribution in [3.8, 4) is 0 Å². The second-order valence-corrected chi connectivity index (χ2v) is 6.34. The number of hydrogen-bond donors (Lipinski definition) is 1. The van der Waals surface area contributed by atoms with Crippen LogP contribution >= 0.6 is 0 Å². The molecule has 18 heavy (non-hydrogen) atoms. The van der Waals surface area contributed by atoms with Gasteiger partial charge in [-0.25, -0.2) is 0 Å². The minimum atomic E-state index is -0.949. The summed E-state index contributed by atoms with van der Waals surface area (Å²) in [5, 5.41) is 8.86. The Morgan fingerprint density at radius 2 is 1.78 bits per heavy atom. The third-order valence-electron chi connectivity index (χ3n) is 2.86. The van der Waals surface area contributed by atoms with E-state index in [4.69, 9.17) is 9.84 Å². The summed E-state index contributed by atoms with van der Waals surface area (Å²) in [7, 11) is 5.81. The van der Waals surface area contributed by atoms with Crippen LogP contribution in [0.2, 0.25) is 0 Å². The van der Waals surface area contributed by atoms with Crippen molar-refractivity contribution in [2.75, 3.05) is 27.7 Å². The molecule has 0 aliphatic heterocycles. The Hall–Kier alpha value is -1.10. The molecule has 1 unspecified atom stereocenters. The number of ether oxygens (including phenoxy) is 1. The third kappa shape index (κ3) is 6.59. The molecule has 0 amide bonds. The molecule has 0 rings (SSSR count). The van der Waals surface area contributed by atoms with Crippen LogP contribution in [0.4, 0.5) is 0 Å². The van der Waals surface area contributed by atoms with Gasteiger partial charge in [0.25, 0.3) is 0 Å². The first-order chi connectivity index (χ1) is 7.98. The number of rotatable bonds is 7. The lowest BCUT2D eigenvalue weighted by molar-refractivity contribution is -0.873. The van der Waals surface area contributed by atoms with Crippen LogP contribution in [-0.2, 0) is 14.3 Å². The highest BCUT2D eigenvalue weighted by atomic mass is 16.5. The summed E-state index contributed by atoms with van der Waals surface area (Å²) in [6.07, 6.45) is -0.0716. The van der Waals surface area contributed by atoms with Gasteiger partial charge in [-0.2, -0.15) is 0 Å². The summed E-state index contributed by atoms with van der Waals surface area (Å²) in [4.78, 5) is 22.7. The second-order valence-electron chi connectivity index (χ2n) is 6.34. The zero-order valence-electron chi connectivity index (χ0n) is 12.3. The van der Waals surface area contributed by atoms with Crippen molar-refractivity contribution in [1.82, 2.24) is 0 Å². The van der Waals surface area contributed by atoms with Gasteiger partial charge >= 0.3 is 11.9 Å². The minimum absolute atomic E-state index is 0.152. The van der Waals surface area contributed by atoms with Gasteiger partial charge in [-0.3, -0.25) is 9.59 Å². The van der Waals surface area contributed by atoms with Gasteiger partial charge in [-0.15, -0.1) is 0 Å². The lowest BCUT2D eigenvalue weighted by atomic mass is 9.90. The number of nitrogens with zero attached hydrogens (tertiary/aromatic N) is 1. The maximum Gasteiger partial charge on any atom is 0.311 e. The molecule has 1 atom stereocenters. The average molecular weight is 260 g/mol. The van der Waals surface area contributed by atoms with E-state index in [9.17, 15) is 9.59 Å². The smallest absolute Gasteiger partial charge is 0.311 e. The number of carboxylic acids is 1. The van der Waals surface area contributed by atoms with Gasteiger partial charge in [-0.1, -0.05) is 6.92 Å². The molecule has 0 aromatic heterocycles. The number of esters is 1. The van der Waals surface area contributed by atoms with Crippen LogP contribution in [0.15, 0.2) is 0 Å². The summed E-state index contributed by atoms with van der Waals surface area (Å²) in [6, 6.07) is 0. The molecule has 1 N–H and O–H groups in total. The van der Waals surface area contributed by atoms with E-state index >= 15 is 0 Å². The van der Waals surface area contributed by atoms with Crippen molar-refractivity contribution in [3.63, 3.8) is 0 Å². The molecule has 0 spiro atoms. The van der Waals surface area contributed by atoms with Crippen LogP contribution in [0.25, 0.3) is 0 Å². The van der Waals surface area contributed by atoms with Crippen LogP contribution in [0.3, 0.4) is 0 Å². The number of aliphatic carboxylic acids is 1. The standard InChI is InChI=1S/C13H25NO4/c1-7-13(2,3)12(17)18-10(8-11(15)16)9-14(4,5)6/h10H,7-9H2,1-6H3/p+1. The van der Waals surface area contributed by atoms with E-state index in [1.165, 1.54) is 0 Å². The Labute approximate surface area is 109 Å². The van der Waals surface area contributed by atoms with Gasteiger partial charge in [0.1, 0.15) is 6.54 Å². The molecule has 0 saturated carbocycles. The molecule has 0 radical (unpaired) electrons. The highest BCUT2D eigenvalue weighted by molar-refractivity contribution is 5.76. The Balaban J connectivity index is 4.69. The van der Waals surface area contributed by atoms with Crippen LogP contribution in [0.1, 0.15) is 33.6 Å². The van der Waals surface area contributed by atoms with Crippen molar-refractivity contribution in [1.29, 1.82) is 0 Å². The number of hydrogen-bond acceptors (Lipinski definition) is 3. The summed E-state index contributed by atoms with van der Waals surface area (Å²) in [5.74, 6) is -1.28. The maximum absolute atomic E-state index is 12.0. The van der Waals surface area contributed by atoms with E-state index in [0.29, 0.717) is 17.4 Å². The average Bonchev–Trinajstić information content (AvgIpc) is 2.13. The first-order valence-electron chi connectivity index (χ1n) is 6.21. The fourth-order valence-corrected chi connectivity index (χ4v) is 1.40. The molecule has 0 aromatic rings.